The fourth-order valence-corrected chi connectivity index (χ4v) is 3.82. The lowest BCUT2D eigenvalue weighted by atomic mass is 9.89. The zero-order chi connectivity index (χ0) is 20.4. The third kappa shape index (κ3) is 5.91. The summed E-state index contributed by atoms with van der Waals surface area (Å²) in [5.41, 5.74) is 0.889. The molecule has 1 fully saturated rings. The fraction of sp³-hybridized carbons (Fsp3) is 0.609. The fourth-order valence-electron chi connectivity index (χ4n) is 3.82. The van der Waals surface area contributed by atoms with Gasteiger partial charge >= 0.3 is 5.97 Å². The predicted molar refractivity (Wildman–Crippen MR) is 109 cm³/mol. The van der Waals surface area contributed by atoms with Crippen LogP contribution in [0.1, 0.15) is 76.7 Å². The summed E-state index contributed by atoms with van der Waals surface area (Å²) in [5.74, 6) is -2.40. The summed E-state index contributed by atoms with van der Waals surface area (Å²) >= 11 is 0. The van der Waals surface area contributed by atoms with Crippen LogP contribution >= 0.6 is 0 Å². The van der Waals surface area contributed by atoms with E-state index in [4.69, 9.17) is 4.74 Å². The van der Waals surface area contributed by atoms with Crippen molar-refractivity contribution in [2.75, 3.05) is 13.2 Å². The molecule has 1 aromatic rings. The molecule has 0 aliphatic carbocycles. The minimum absolute atomic E-state index is 0.175. The van der Waals surface area contributed by atoms with Crippen LogP contribution in [0.15, 0.2) is 30.3 Å². The molecule has 1 heterocycles. The van der Waals surface area contributed by atoms with Gasteiger partial charge in [-0.3, -0.25) is 19.3 Å². The van der Waals surface area contributed by atoms with Crippen molar-refractivity contribution in [3.8, 4) is 0 Å². The van der Waals surface area contributed by atoms with E-state index in [1.54, 1.807) is 6.92 Å². The minimum Gasteiger partial charge on any atom is -0.465 e. The summed E-state index contributed by atoms with van der Waals surface area (Å²) in [6, 6.07) is 9.45. The molecule has 0 radical (unpaired) electrons. The van der Waals surface area contributed by atoms with Gasteiger partial charge in [-0.05, 0) is 18.9 Å². The van der Waals surface area contributed by atoms with Crippen LogP contribution in [-0.2, 0) is 19.1 Å². The Kier molecular flexibility index (Phi) is 9.18. The molecule has 5 heteroatoms. The standard InChI is InChI=1S/C23H33NO4/c1-3-5-6-7-8-9-13-16-20(25)24-17-19(18-14-11-10-12-15-18)21(22(24)26)23(27)28-4-2/h10-12,14-15,19,21H,3-9,13,16-17H2,1-2H3/t19-,21-/m0/s1. The number of imide groups is 1. The van der Waals surface area contributed by atoms with E-state index in [1.807, 2.05) is 30.3 Å². The van der Waals surface area contributed by atoms with Gasteiger partial charge in [0.25, 0.3) is 0 Å². The van der Waals surface area contributed by atoms with Crippen molar-refractivity contribution in [2.45, 2.75) is 71.1 Å². The second kappa shape index (κ2) is 11.6. The smallest absolute Gasteiger partial charge is 0.319 e. The quantitative estimate of drug-likeness (QED) is 0.319. The lowest BCUT2D eigenvalue weighted by Gasteiger charge is -2.15. The van der Waals surface area contributed by atoms with Crippen LogP contribution in [0.3, 0.4) is 0 Å². The zero-order valence-electron chi connectivity index (χ0n) is 17.2. The summed E-state index contributed by atoms with van der Waals surface area (Å²) < 4.78 is 5.12. The average Bonchev–Trinajstić information content (AvgIpc) is 3.05. The molecule has 1 aliphatic rings. The van der Waals surface area contributed by atoms with Crippen LogP contribution in [-0.4, -0.2) is 35.8 Å². The molecule has 2 atom stereocenters. The Hall–Kier alpha value is -2.17. The molecule has 2 amide bonds. The summed E-state index contributed by atoms with van der Waals surface area (Å²) in [4.78, 5) is 39.2. The van der Waals surface area contributed by atoms with E-state index in [2.05, 4.69) is 6.92 Å². The van der Waals surface area contributed by atoms with Crippen LogP contribution in [0, 0.1) is 5.92 Å². The van der Waals surface area contributed by atoms with Gasteiger partial charge in [-0.1, -0.05) is 75.8 Å². The number of likely N-dealkylation sites (tertiary alicyclic amines) is 1. The highest BCUT2D eigenvalue weighted by atomic mass is 16.5. The average molecular weight is 388 g/mol. The molecule has 5 nitrogen and oxygen atoms in total. The molecule has 0 saturated carbocycles. The predicted octanol–water partition coefficient (Wildman–Crippen LogP) is 4.46. The molecule has 0 spiro atoms. The second-order valence-electron chi connectivity index (χ2n) is 7.46. The van der Waals surface area contributed by atoms with Crippen molar-refractivity contribution >= 4 is 17.8 Å². The normalized spacial score (nSPS) is 19.1. The molecule has 1 aliphatic heterocycles. The van der Waals surface area contributed by atoms with Gasteiger partial charge in [-0.15, -0.1) is 0 Å². The molecule has 1 saturated heterocycles. The maximum atomic E-state index is 12.9. The number of ether oxygens (including phenoxy) is 1. The number of carbonyl (C=O) groups is 3. The van der Waals surface area contributed by atoms with Crippen LogP contribution in [0.25, 0.3) is 0 Å². The highest BCUT2D eigenvalue weighted by molar-refractivity contribution is 6.07. The number of hydrogen-bond acceptors (Lipinski definition) is 4. The van der Waals surface area contributed by atoms with E-state index in [0.29, 0.717) is 6.42 Å². The molecule has 1 aromatic carbocycles. The Labute approximate surface area is 168 Å². The number of amides is 2. The lowest BCUT2D eigenvalue weighted by molar-refractivity contribution is -0.154. The van der Waals surface area contributed by atoms with Gasteiger partial charge in [0.05, 0.1) is 6.61 Å². The first-order chi connectivity index (χ1) is 13.6. The monoisotopic (exact) mass is 387 g/mol. The third-order valence-corrected chi connectivity index (χ3v) is 5.38. The second-order valence-corrected chi connectivity index (χ2v) is 7.46. The van der Waals surface area contributed by atoms with E-state index in [0.717, 1.165) is 24.8 Å². The van der Waals surface area contributed by atoms with Crippen molar-refractivity contribution in [1.82, 2.24) is 4.90 Å². The van der Waals surface area contributed by atoms with Crippen LogP contribution < -0.4 is 0 Å². The zero-order valence-corrected chi connectivity index (χ0v) is 17.2. The Bertz CT molecular complexity index is 643. The first-order valence-electron chi connectivity index (χ1n) is 10.7. The summed E-state index contributed by atoms with van der Waals surface area (Å²) in [6.45, 7) is 4.38. The first kappa shape index (κ1) is 22.1. The van der Waals surface area contributed by atoms with Crippen LogP contribution in [0.4, 0.5) is 0 Å². The highest BCUT2D eigenvalue weighted by Gasteiger charge is 2.48. The van der Waals surface area contributed by atoms with Gasteiger partial charge in [0.2, 0.25) is 11.8 Å². The SMILES string of the molecule is CCCCCCCCCC(=O)N1C[C@@H](c2ccccc2)[C@H](C(=O)OCC)C1=O. The van der Waals surface area contributed by atoms with Crippen LogP contribution in [0.2, 0.25) is 0 Å². The largest absolute Gasteiger partial charge is 0.465 e. The van der Waals surface area contributed by atoms with E-state index >= 15 is 0 Å². The molecule has 0 aromatic heterocycles. The molecule has 154 valence electrons. The maximum absolute atomic E-state index is 12.9. The third-order valence-electron chi connectivity index (χ3n) is 5.38. The van der Waals surface area contributed by atoms with Gasteiger partial charge in [0, 0.05) is 18.9 Å². The number of rotatable bonds is 11. The van der Waals surface area contributed by atoms with Crippen molar-refractivity contribution in [2.24, 2.45) is 5.92 Å². The molecule has 0 N–H and O–H groups in total. The van der Waals surface area contributed by atoms with Crippen LogP contribution in [0.5, 0.6) is 0 Å². The maximum Gasteiger partial charge on any atom is 0.319 e. The number of carbonyl (C=O) groups excluding carboxylic acids is 3. The molecule has 28 heavy (non-hydrogen) atoms. The Morgan fingerprint density at radius 3 is 2.29 bits per heavy atom. The van der Waals surface area contributed by atoms with Crippen molar-refractivity contribution in [3.63, 3.8) is 0 Å². The molecular formula is C23H33NO4. The highest BCUT2D eigenvalue weighted by Crippen LogP contribution is 2.35. The molecule has 0 unspecified atom stereocenters. The number of hydrogen-bond donors (Lipinski definition) is 0. The van der Waals surface area contributed by atoms with Crippen molar-refractivity contribution in [3.05, 3.63) is 35.9 Å². The summed E-state index contributed by atoms with van der Waals surface area (Å²) in [5, 5.41) is 0. The van der Waals surface area contributed by atoms with Gasteiger partial charge in [-0.2, -0.15) is 0 Å². The summed E-state index contributed by atoms with van der Waals surface area (Å²) in [6.07, 6.45) is 8.20. The number of esters is 1. The van der Waals surface area contributed by atoms with Gasteiger partial charge in [-0.25, -0.2) is 0 Å². The molecular weight excluding hydrogens is 354 g/mol. The summed E-state index contributed by atoms with van der Waals surface area (Å²) in [7, 11) is 0. The Balaban J connectivity index is 1.96. The van der Waals surface area contributed by atoms with Gasteiger partial charge < -0.3 is 4.74 Å². The number of benzene rings is 1. The molecule has 0 bridgehead atoms. The first-order valence-corrected chi connectivity index (χ1v) is 10.7. The Morgan fingerprint density at radius 1 is 1.00 bits per heavy atom. The van der Waals surface area contributed by atoms with E-state index in [9.17, 15) is 14.4 Å². The number of nitrogens with zero attached hydrogens (tertiary/aromatic N) is 1. The lowest BCUT2D eigenvalue weighted by Crippen LogP contribution is -2.35. The topological polar surface area (TPSA) is 63.7 Å². The van der Waals surface area contributed by atoms with Gasteiger partial charge in [0.15, 0.2) is 0 Å². The Morgan fingerprint density at radius 2 is 1.64 bits per heavy atom. The van der Waals surface area contributed by atoms with Crippen molar-refractivity contribution in [1.29, 1.82) is 0 Å². The minimum atomic E-state index is -0.930. The van der Waals surface area contributed by atoms with E-state index in [-0.39, 0.29) is 25.0 Å². The number of unbranched alkanes of at least 4 members (excludes halogenated alkanes) is 6. The van der Waals surface area contributed by atoms with E-state index < -0.39 is 17.8 Å². The van der Waals surface area contributed by atoms with Gasteiger partial charge in [0.1, 0.15) is 5.92 Å². The van der Waals surface area contributed by atoms with E-state index in [1.165, 1.54) is 30.6 Å². The van der Waals surface area contributed by atoms with Crippen molar-refractivity contribution < 1.29 is 19.1 Å². The molecule has 2 rings (SSSR count).